The lowest BCUT2D eigenvalue weighted by molar-refractivity contribution is 0.479. The van der Waals surface area contributed by atoms with Gasteiger partial charge in [0.25, 0.3) is 0 Å². The van der Waals surface area contributed by atoms with E-state index in [1.807, 2.05) is 48.5 Å². The van der Waals surface area contributed by atoms with Crippen LogP contribution in [0.4, 0.5) is 0 Å². The Labute approximate surface area is 126 Å². The minimum atomic E-state index is 0.799. The summed E-state index contributed by atoms with van der Waals surface area (Å²) in [5.74, 6) is 1.62. The number of para-hydroxylation sites is 2. The van der Waals surface area contributed by atoms with Gasteiger partial charge in [0.05, 0.1) is 0 Å². The third kappa shape index (κ3) is 3.51. The zero-order valence-corrected chi connectivity index (χ0v) is 12.4. The van der Waals surface area contributed by atoms with Gasteiger partial charge in [0, 0.05) is 16.7 Å². The van der Waals surface area contributed by atoms with E-state index in [9.17, 15) is 0 Å². The van der Waals surface area contributed by atoms with Crippen molar-refractivity contribution in [3.8, 4) is 11.5 Å². The van der Waals surface area contributed by atoms with Gasteiger partial charge in [-0.05, 0) is 12.5 Å². The summed E-state index contributed by atoms with van der Waals surface area (Å²) in [4.78, 5) is 0. The molecule has 0 amide bonds. The Balaban J connectivity index is 2.48. The molecule has 0 fully saturated rings. The van der Waals surface area contributed by atoms with Crippen LogP contribution in [-0.2, 0) is 0 Å². The van der Waals surface area contributed by atoms with Crippen molar-refractivity contribution in [1.82, 2.24) is 0 Å². The highest BCUT2D eigenvalue weighted by atomic mass is 16.5. The molecule has 0 unspecified atom stereocenters. The van der Waals surface area contributed by atoms with E-state index in [1.165, 1.54) is 0 Å². The van der Waals surface area contributed by atoms with Gasteiger partial charge in [-0.25, -0.2) is 0 Å². The van der Waals surface area contributed by atoms with E-state index in [0.29, 0.717) is 0 Å². The lowest BCUT2D eigenvalue weighted by atomic mass is 10.1. The average molecular weight is 276 g/mol. The molecule has 0 aliphatic rings. The van der Waals surface area contributed by atoms with E-state index in [-0.39, 0.29) is 0 Å². The molecule has 0 aliphatic heterocycles. The van der Waals surface area contributed by atoms with Crippen LogP contribution in [0.3, 0.4) is 0 Å². The molecule has 2 rings (SSSR count). The second-order valence-electron chi connectivity index (χ2n) is 4.62. The van der Waals surface area contributed by atoms with Crippen molar-refractivity contribution in [2.75, 3.05) is 0 Å². The second kappa shape index (κ2) is 7.30. The number of allylic oxidation sites excluding steroid dienone is 1. The van der Waals surface area contributed by atoms with Crippen LogP contribution >= 0.6 is 0 Å². The fraction of sp³-hybridized carbons (Fsp3) is 0.100. The number of hydrogen-bond acceptors (Lipinski definition) is 1. The van der Waals surface area contributed by atoms with Gasteiger partial charge in [0.2, 0.25) is 0 Å². The number of benzene rings is 2. The monoisotopic (exact) mass is 276 g/mol. The normalized spacial score (nSPS) is 10.5. The Morgan fingerprint density at radius 1 is 0.905 bits per heavy atom. The molecule has 0 bridgehead atoms. The summed E-state index contributed by atoms with van der Waals surface area (Å²) in [6.07, 6.45) is 8.80. The first kappa shape index (κ1) is 14.9. The molecule has 21 heavy (non-hydrogen) atoms. The number of ether oxygens (including phenoxy) is 1. The van der Waals surface area contributed by atoms with Crippen LogP contribution in [0, 0.1) is 0 Å². The summed E-state index contributed by atoms with van der Waals surface area (Å²) in [7, 11) is 0. The summed E-state index contributed by atoms with van der Waals surface area (Å²) < 4.78 is 6.16. The summed E-state index contributed by atoms with van der Waals surface area (Å²) in [5, 5.41) is 0. The van der Waals surface area contributed by atoms with Crippen LogP contribution in [0.2, 0.25) is 0 Å². The Bertz CT molecular complexity index is 665. The SMILES string of the molecule is C=Cc1ccccc1Oc1c(C=C)cccc1/C=C/CC. The van der Waals surface area contributed by atoms with Crippen LogP contribution in [0.25, 0.3) is 18.2 Å². The molecule has 1 nitrogen and oxygen atoms in total. The van der Waals surface area contributed by atoms with Crippen LogP contribution in [-0.4, -0.2) is 0 Å². The van der Waals surface area contributed by atoms with Crippen LogP contribution in [0.1, 0.15) is 30.0 Å². The molecule has 106 valence electrons. The van der Waals surface area contributed by atoms with Gasteiger partial charge in [-0.3, -0.25) is 0 Å². The van der Waals surface area contributed by atoms with Gasteiger partial charge in [-0.15, -0.1) is 0 Å². The summed E-state index contributed by atoms with van der Waals surface area (Å²) >= 11 is 0. The molecule has 0 saturated carbocycles. The molecule has 0 spiro atoms. The predicted molar refractivity (Wildman–Crippen MR) is 92.5 cm³/mol. The second-order valence-corrected chi connectivity index (χ2v) is 4.62. The average Bonchev–Trinajstić information content (AvgIpc) is 2.54. The molecular weight excluding hydrogens is 256 g/mol. The topological polar surface area (TPSA) is 9.23 Å². The van der Waals surface area contributed by atoms with Crippen molar-refractivity contribution >= 4 is 18.2 Å². The quantitative estimate of drug-likeness (QED) is 0.611. The fourth-order valence-corrected chi connectivity index (χ4v) is 2.08. The fourth-order valence-electron chi connectivity index (χ4n) is 2.08. The molecule has 0 saturated heterocycles. The van der Waals surface area contributed by atoms with E-state index in [2.05, 4.69) is 32.2 Å². The maximum atomic E-state index is 6.16. The number of rotatable bonds is 6. The zero-order chi connectivity index (χ0) is 15.1. The lowest BCUT2D eigenvalue weighted by Gasteiger charge is -2.14. The largest absolute Gasteiger partial charge is 0.455 e. The lowest BCUT2D eigenvalue weighted by Crippen LogP contribution is -1.92. The molecule has 0 heterocycles. The van der Waals surface area contributed by atoms with Crippen molar-refractivity contribution in [3.63, 3.8) is 0 Å². The smallest absolute Gasteiger partial charge is 0.141 e. The summed E-state index contributed by atoms with van der Waals surface area (Å²) in [6.45, 7) is 9.82. The molecule has 2 aromatic carbocycles. The first-order chi connectivity index (χ1) is 10.3. The van der Waals surface area contributed by atoms with Gasteiger partial charge in [-0.1, -0.05) is 80.8 Å². The molecule has 0 N–H and O–H groups in total. The summed E-state index contributed by atoms with van der Waals surface area (Å²) in [5.41, 5.74) is 3.00. The molecule has 2 aromatic rings. The van der Waals surface area contributed by atoms with E-state index in [4.69, 9.17) is 4.74 Å². The van der Waals surface area contributed by atoms with Gasteiger partial charge < -0.3 is 4.74 Å². The Kier molecular flexibility index (Phi) is 5.16. The van der Waals surface area contributed by atoms with E-state index in [0.717, 1.165) is 34.6 Å². The predicted octanol–water partition coefficient (Wildman–Crippen LogP) is 6.19. The van der Waals surface area contributed by atoms with Gasteiger partial charge >= 0.3 is 0 Å². The Morgan fingerprint density at radius 3 is 2.29 bits per heavy atom. The molecule has 0 aliphatic carbocycles. The Morgan fingerprint density at radius 2 is 1.57 bits per heavy atom. The Hall–Kier alpha value is -2.54. The summed E-state index contributed by atoms with van der Waals surface area (Å²) in [6, 6.07) is 13.9. The third-order valence-electron chi connectivity index (χ3n) is 3.18. The molecule has 0 aromatic heterocycles. The minimum Gasteiger partial charge on any atom is -0.455 e. The van der Waals surface area contributed by atoms with E-state index >= 15 is 0 Å². The van der Waals surface area contributed by atoms with Crippen molar-refractivity contribution in [1.29, 1.82) is 0 Å². The van der Waals surface area contributed by atoms with Crippen LogP contribution in [0.5, 0.6) is 11.5 Å². The van der Waals surface area contributed by atoms with Gasteiger partial charge in [-0.2, -0.15) is 0 Å². The first-order valence-electron chi connectivity index (χ1n) is 7.11. The van der Waals surface area contributed by atoms with E-state index in [1.54, 1.807) is 6.08 Å². The van der Waals surface area contributed by atoms with Gasteiger partial charge in [0.15, 0.2) is 0 Å². The molecule has 0 atom stereocenters. The van der Waals surface area contributed by atoms with Crippen molar-refractivity contribution < 1.29 is 4.74 Å². The van der Waals surface area contributed by atoms with Crippen LogP contribution < -0.4 is 4.74 Å². The van der Waals surface area contributed by atoms with Crippen LogP contribution in [0.15, 0.2) is 61.7 Å². The highest BCUT2D eigenvalue weighted by Crippen LogP contribution is 2.33. The van der Waals surface area contributed by atoms with Crippen molar-refractivity contribution in [2.24, 2.45) is 0 Å². The minimum absolute atomic E-state index is 0.799. The molecule has 1 heteroatoms. The van der Waals surface area contributed by atoms with Crippen molar-refractivity contribution in [3.05, 3.63) is 78.4 Å². The number of hydrogen-bond donors (Lipinski definition) is 0. The highest BCUT2D eigenvalue weighted by molar-refractivity contribution is 5.68. The third-order valence-corrected chi connectivity index (χ3v) is 3.18. The molecule has 0 radical (unpaired) electrons. The standard InChI is InChI=1S/C20H20O/c1-4-7-11-18-14-10-13-17(6-3)20(18)21-19-15-9-8-12-16(19)5-2/h5-15H,2-4H2,1H3/b11-7+. The maximum Gasteiger partial charge on any atom is 0.141 e. The van der Waals surface area contributed by atoms with Crippen molar-refractivity contribution in [2.45, 2.75) is 13.3 Å². The molecular formula is C20H20O. The first-order valence-corrected chi connectivity index (χ1v) is 7.11. The maximum absolute atomic E-state index is 6.16. The van der Waals surface area contributed by atoms with Gasteiger partial charge in [0.1, 0.15) is 11.5 Å². The highest BCUT2D eigenvalue weighted by Gasteiger charge is 2.09. The zero-order valence-electron chi connectivity index (χ0n) is 12.4. The van der Waals surface area contributed by atoms with E-state index < -0.39 is 0 Å².